The highest BCUT2D eigenvalue weighted by Crippen LogP contribution is 2.51. The zero-order valence-electron chi connectivity index (χ0n) is 33.1. The molecule has 2 N–H and O–H groups in total. The van der Waals surface area contributed by atoms with Crippen molar-refractivity contribution in [3.05, 3.63) is 133 Å². The Balaban J connectivity index is 1.63. The summed E-state index contributed by atoms with van der Waals surface area (Å²) in [7, 11) is -2.45. The van der Waals surface area contributed by atoms with Gasteiger partial charge in [0, 0.05) is 30.3 Å². The lowest BCUT2D eigenvalue weighted by molar-refractivity contribution is -0.156. The van der Waals surface area contributed by atoms with E-state index >= 15 is 4.79 Å². The molecule has 0 bridgehead atoms. The van der Waals surface area contributed by atoms with Gasteiger partial charge in [-0.25, -0.2) is 14.2 Å². The third-order valence-corrected chi connectivity index (χ3v) is 20.1. The van der Waals surface area contributed by atoms with Crippen molar-refractivity contribution in [2.24, 2.45) is 5.92 Å². The first-order chi connectivity index (χ1) is 27.0. The predicted molar refractivity (Wildman–Crippen MR) is 229 cm³/mol. The van der Waals surface area contributed by atoms with Gasteiger partial charge < -0.3 is 24.3 Å². The number of aromatic hydroxyl groups is 1. The van der Waals surface area contributed by atoms with E-state index in [0.717, 1.165) is 15.9 Å². The van der Waals surface area contributed by atoms with Crippen LogP contribution in [-0.2, 0) is 18.8 Å². The van der Waals surface area contributed by atoms with E-state index in [9.17, 15) is 24.6 Å². The summed E-state index contributed by atoms with van der Waals surface area (Å²) in [4.78, 5) is 58.2. The Kier molecular flexibility index (Phi) is 11.7. The number of carbonyl (C=O) groups is 4. The number of β-lactam (4-membered cyclic amide) rings is 1. The van der Waals surface area contributed by atoms with Gasteiger partial charge in [-0.1, -0.05) is 137 Å². The van der Waals surface area contributed by atoms with Gasteiger partial charge in [0.2, 0.25) is 11.8 Å². The lowest BCUT2D eigenvalue weighted by Gasteiger charge is -2.53. The number of aromatic nitrogens is 1. The Hall–Kier alpha value is -5.48. The van der Waals surface area contributed by atoms with E-state index in [2.05, 4.69) is 40.4 Å². The van der Waals surface area contributed by atoms with Crippen LogP contribution in [0.5, 0.6) is 5.88 Å². The van der Waals surface area contributed by atoms with Crippen LogP contribution in [-0.4, -0.2) is 75.9 Å². The number of amides is 1. The Morgan fingerprint density at radius 1 is 0.877 bits per heavy atom. The van der Waals surface area contributed by atoms with E-state index in [-0.39, 0.29) is 46.3 Å². The van der Waals surface area contributed by atoms with Gasteiger partial charge in [0.25, 0.3) is 0 Å². The van der Waals surface area contributed by atoms with Crippen molar-refractivity contribution in [3.8, 4) is 5.88 Å². The molecule has 0 unspecified atom stereocenters. The van der Waals surface area contributed by atoms with E-state index in [0.29, 0.717) is 9.95 Å². The molecule has 0 spiro atoms. The second-order valence-corrected chi connectivity index (χ2v) is 23.9. The van der Waals surface area contributed by atoms with Crippen molar-refractivity contribution in [2.45, 2.75) is 64.4 Å². The number of hydrogen-bond donors (Lipinski definition) is 2. The zero-order valence-corrected chi connectivity index (χ0v) is 35.0. The zero-order chi connectivity index (χ0) is 41.3. The largest absolute Gasteiger partial charge is 0.494 e. The number of Topliss-reactive ketones (excluding diaryl/α,β-unsaturated/α-hetero) is 1. The van der Waals surface area contributed by atoms with Gasteiger partial charge >= 0.3 is 12.1 Å². The number of rotatable bonds is 13. The topological polar surface area (TPSA) is 135 Å². The summed E-state index contributed by atoms with van der Waals surface area (Å²) in [5.41, 5.74) is 0.456. The minimum absolute atomic E-state index is 0.114. The third-order valence-electron chi connectivity index (χ3n) is 11.2. The van der Waals surface area contributed by atoms with Crippen LogP contribution in [0.3, 0.4) is 0 Å². The average Bonchev–Trinajstić information content (AvgIpc) is 3.52. The molecule has 5 aromatic rings. The molecule has 1 fully saturated rings. The minimum Gasteiger partial charge on any atom is -0.494 e. The van der Waals surface area contributed by atoms with Crippen LogP contribution in [0, 0.1) is 5.92 Å². The fraction of sp³-hybridized carbons (Fsp3) is 0.267. The van der Waals surface area contributed by atoms with Crippen molar-refractivity contribution in [1.82, 2.24) is 9.47 Å². The molecule has 0 aliphatic carbocycles. The van der Waals surface area contributed by atoms with Gasteiger partial charge in [0.05, 0.1) is 23.6 Å². The van der Waals surface area contributed by atoms with Gasteiger partial charge in [-0.2, -0.15) is 0 Å². The second kappa shape index (κ2) is 16.2. The number of nitrogens with zero attached hydrogens (tertiary/aromatic N) is 2. The summed E-state index contributed by atoms with van der Waals surface area (Å²) in [5.74, 6) is -2.75. The van der Waals surface area contributed by atoms with Gasteiger partial charge in [-0.3, -0.25) is 9.59 Å². The first-order valence-electron chi connectivity index (χ1n) is 18.9. The van der Waals surface area contributed by atoms with Gasteiger partial charge in [0.1, 0.15) is 12.0 Å². The van der Waals surface area contributed by atoms with E-state index in [4.69, 9.17) is 9.16 Å². The first-order valence-corrected chi connectivity index (χ1v) is 23.6. The number of fused-ring (bicyclic) bond motifs is 1. The average molecular weight is 805 g/mol. The summed E-state index contributed by atoms with van der Waals surface area (Å²) < 4.78 is 13.5. The van der Waals surface area contributed by atoms with Crippen LogP contribution in [0.15, 0.2) is 128 Å². The monoisotopic (exact) mass is 804 g/mol. The fourth-order valence-electron chi connectivity index (χ4n) is 7.51. The number of carboxylic acid groups (broad SMARTS) is 1. The Labute approximate surface area is 334 Å². The maximum atomic E-state index is 15.1. The normalized spacial score (nSPS) is 16.5. The quantitative estimate of drug-likeness (QED) is 0.0312. The van der Waals surface area contributed by atoms with Crippen LogP contribution in [0.2, 0.25) is 18.1 Å². The standard InChI is InChI=1S/C45H49N2O8PSi/c1-8-26-54-43(51)42(56(33-18-12-9-13-19-33,34-20-14-10-15-21-34)35-22-16-11-17-23-35)47-37(40(41(47)50)30(2)55-57(6,7)45(3,4)5)29-38(48)32-25-24-31-28-39(49)46(44(52)53)36(31)27-32/h8-25,27-28,30,37,40,49H,1,26,29H2,2-7H3,(H,52,53)/t30-,37-,40-/m1/s1. The second-order valence-electron chi connectivity index (χ2n) is 15.8. The molecule has 1 saturated heterocycles. The highest BCUT2D eigenvalue weighted by atomic mass is 31.2. The van der Waals surface area contributed by atoms with Crippen LogP contribution >= 0.6 is 6.89 Å². The molecule has 1 amide bonds. The molecule has 6 rings (SSSR count). The Morgan fingerprint density at radius 2 is 1.40 bits per heavy atom. The summed E-state index contributed by atoms with van der Waals surface area (Å²) in [5, 5.41) is 22.9. The SMILES string of the molecule is C=CCOC(=O)C(N1C(=O)[C@H]([C@@H](C)O[Si](C)(C)C(C)(C)C)[C@H]1CC(=O)c1ccc2cc(O)n(C(=O)O)c2c1)=P(c1ccccc1)(c1ccccc1)c1ccccc1. The first kappa shape index (κ1) is 41.2. The maximum absolute atomic E-state index is 15.1. The highest BCUT2D eigenvalue weighted by molar-refractivity contribution is 7.96. The maximum Gasteiger partial charge on any atom is 0.418 e. The van der Waals surface area contributed by atoms with Gasteiger partial charge in [0.15, 0.2) is 14.1 Å². The summed E-state index contributed by atoms with van der Waals surface area (Å²) in [6.07, 6.45) is -0.774. The van der Waals surface area contributed by atoms with Crippen molar-refractivity contribution in [1.29, 1.82) is 0 Å². The van der Waals surface area contributed by atoms with E-state index in [1.165, 1.54) is 23.1 Å². The van der Waals surface area contributed by atoms with Crippen molar-refractivity contribution in [3.63, 3.8) is 0 Å². The van der Waals surface area contributed by atoms with Crippen LogP contribution < -0.4 is 15.9 Å². The molecule has 2 heterocycles. The number of benzene rings is 4. The molecule has 10 nitrogen and oxygen atoms in total. The van der Waals surface area contributed by atoms with Crippen molar-refractivity contribution in [2.75, 3.05) is 6.61 Å². The van der Waals surface area contributed by atoms with Gasteiger partial charge in [-0.05, 0) is 47.0 Å². The molecule has 296 valence electrons. The predicted octanol–water partition coefficient (Wildman–Crippen LogP) is 7.54. The van der Waals surface area contributed by atoms with Crippen LogP contribution in [0.4, 0.5) is 4.79 Å². The number of ether oxygens (including phenoxy) is 1. The van der Waals surface area contributed by atoms with Crippen molar-refractivity contribution < 1.29 is 38.6 Å². The molecule has 3 atom stereocenters. The molecular formula is C45H49N2O8PSi. The Bertz CT molecular complexity index is 2280. The highest BCUT2D eigenvalue weighted by Gasteiger charge is 2.57. The van der Waals surface area contributed by atoms with Crippen LogP contribution in [0.1, 0.15) is 44.5 Å². The summed E-state index contributed by atoms with van der Waals surface area (Å²) in [6, 6.07) is 33.9. The van der Waals surface area contributed by atoms with Crippen molar-refractivity contribution >= 4 is 71.2 Å². The van der Waals surface area contributed by atoms with Crippen LogP contribution in [0.25, 0.3) is 10.9 Å². The lowest BCUT2D eigenvalue weighted by Crippen LogP contribution is -2.69. The molecular weight excluding hydrogens is 756 g/mol. The smallest absolute Gasteiger partial charge is 0.418 e. The van der Waals surface area contributed by atoms with E-state index in [1.807, 2.05) is 97.9 Å². The number of carbonyl (C=O) groups excluding carboxylic acids is 3. The summed E-state index contributed by atoms with van der Waals surface area (Å²) >= 11 is 0. The molecule has 1 aromatic heterocycles. The number of ketones is 1. The van der Waals surface area contributed by atoms with E-state index < -0.39 is 51.2 Å². The number of likely N-dealkylation sites (tertiary alicyclic amines) is 1. The number of esters is 1. The molecule has 1 aliphatic rings. The molecule has 12 heteroatoms. The number of hydrogen-bond acceptors (Lipinski definition) is 7. The molecule has 57 heavy (non-hydrogen) atoms. The summed E-state index contributed by atoms with van der Waals surface area (Å²) in [6.45, 7) is 12.8. The van der Waals surface area contributed by atoms with E-state index in [1.54, 1.807) is 12.1 Å². The third kappa shape index (κ3) is 7.55. The fourth-order valence-corrected chi connectivity index (χ4v) is 13.3. The molecule has 0 radical (unpaired) electrons. The molecule has 4 aromatic carbocycles. The minimum atomic E-state index is -3.27. The Morgan fingerprint density at radius 3 is 1.88 bits per heavy atom. The lowest BCUT2D eigenvalue weighted by atomic mass is 9.79. The molecule has 0 saturated carbocycles. The molecule has 1 aliphatic heterocycles. The van der Waals surface area contributed by atoms with Gasteiger partial charge in [-0.15, -0.1) is 0 Å².